The highest BCUT2D eigenvalue weighted by Gasteiger charge is 2.22. The first-order valence-corrected chi connectivity index (χ1v) is 9.27. The number of halogens is 1. The van der Waals surface area contributed by atoms with Gasteiger partial charge in [-0.05, 0) is 54.4 Å². The molecule has 0 saturated carbocycles. The van der Waals surface area contributed by atoms with Crippen LogP contribution in [-0.2, 0) is 9.47 Å². The fourth-order valence-electron chi connectivity index (χ4n) is 1.95. The van der Waals surface area contributed by atoms with Gasteiger partial charge in [-0.2, -0.15) is 0 Å². The lowest BCUT2D eigenvalue weighted by atomic mass is 10.2. The molecule has 156 valence electrons. The van der Waals surface area contributed by atoms with Gasteiger partial charge in [0, 0.05) is 45.9 Å². The van der Waals surface area contributed by atoms with Crippen LogP contribution in [0, 0.1) is 0 Å². The molecule has 26 heavy (non-hydrogen) atoms. The van der Waals surface area contributed by atoms with E-state index < -0.39 is 5.60 Å². The van der Waals surface area contributed by atoms with E-state index in [-0.39, 0.29) is 36.1 Å². The SMILES string of the molecule is CCNC(=NCCCOCC)NCCC(C)N(C)C(=O)OC(C)(C)C.I. The van der Waals surface area contributed by atoms with Crippen molar-refractivity contribution in [2.75, 3.05) is 39.9 Å². The van der Waals surface area contributed by atoms with Crippen LogP contribution >= 0.6 is 24.0 Å². The van der Waals surface area contributed by atoms with Gasteiger partial charge in [0.15, 0.2) is 5.96 Å². The van der Waals surface area contributed by atoms with Gasteiger partial charge in [0.2, 0.25) is 0 Å². The van der Waals surface area contributed by atoms with Crippen LogP contribution in [0.5, 0.6) is 0 Å². The molecule has 2 N–H and O–H groups in total. The number of amides is 1. The molecule has 0 aliphatic carbocycles. The predicted molar refractivity (Wildman–Crippen MR) is 119 cm³/mol. The lowest BCUT2D eigenvalue weighted by Gasteiger charge is -2.28. The number of hydrogen-bond donors (Lipinski definition) is 2. The van der Waals surface area contributed by atoms with Crippen LogP contribution in [0.15, 0.2) is 4.99 Å². The Morgan fingerprint density at radius 1 is 1.23 bits per heavy atom. The Labute approximate surface area is 176 Å². The predicted octanol–water partition coefficient (Wildman–Crippen LogP) is 3.23. The molecule has 0 aromatic heterocycles. The summed E-state index contributed by atoms with van der Waals surface area (Å²) in [5.74, 6) is 0.797. The Morgan fingerprint density at radius 2 is 1.88 bits per heavy atom. The number of ether oxygens (including phenoxy) is 2. The van der Waals surface area contributed by atoms with E-state index in [9.17, 15) is 4.79 Å². The Bertz CT molecular complexity index is 400. The molecule has 0 rings (SSSR count). The maximum atomic E-state index is 12.1. The maximum Gasteiger partial charge on any atom is 0.410 e. The van der Waals surface area contributed by atoms with Crippen LogP contribution in [0.4, 0.5) is 4.79 Å². The summed E-state index contributed by atoms with van der Waals surface area (Å²) < 4.78 is 10.7. The van der Waals surface area contributed by atoms with Crippen LogP contribution in [0.1, 0.15) is 54.4 Å². The number of carbonyl (C=O) groups excluding carboxylic acids is 1. The summed E-state index contributed by atoms with van der Waals surface area (Å²) in [6.07, 6.45) is 1.41. The van der Waals surface area contributed by atoms with E-state index in [1.165, 1.54) is 0 Å². The van der Waals surface area contributed by atoms with Gasteiger partial charge in [0.05, 0.1) is 0 Å². The second-order valence-electron chi connectivity index (χ2n) is 6.97. The van der Waals surface area contributed by atoms with Crippen LogP contribution < -0.4 is 10.6 Å². The van der Waals surface area contributed by atoms with Gasteiger partial charge in [-0.15, -0.1) is 24.0 Å². The smallest absolute Gasteiger partial charge is 0.410 e. The van der Waals surface area contributed by atoms with Crippen molar-refractivity contribution in [3.05, 3.63) is 0 Å². The minimum absolute atomic E-state index is 0. The number of rotatable bonds is 10. The molecule has 1 unspecified atom stereocenters. The third-order valence-electron chi connectivity index (χ3n) is 3.46. The molecule has 0 aliphatic heterocycles. The number of nitrogens with one attached hydrogen (secondary N) is 2. The average molecular weight is 486 g/mol. The first-order valence-electron chi connectivity index (χ1n) is 9.27. The monoisotopic (exact) mass is 486 g/mol. The van der Waals surface area contributed by atoms with Crippen molar-refractivity contribution in [3.63, 3.8) is 0 Å². The second kappa shape index (κ2) is 15.3. The third kappa shape index (κ3) is 14.4. The Morgan fingerprint density at radius 3 is 2.42 bits per heavy atom. The van der Waals surface area contributed by atoms with Crippen molar-refractivity contribution in [1.29, 1.82) is 0 Å². The summed E-state index contributed by atoms with van der Waals surface area (Å²) >= 11 is 0. The number of hydrogen-bond acceptors (Lipinski definition) is 4. The normalized spacial score (nSPS) is 12.8. The van der Waals surface area contributed by atoms with Crippen LogP contribution in [-0.4, -0.2) is 68.5 Å². The fourth-order valence-corrected chi connectivity index (χ4v) is 1.95. The molecule has 0 aromatic carbocycles. The van der Waals surface area contributed by atoms with E-state index in [4.69, 9.17) is 9.47 Å². The molecule has 8 heteroatoms. The van der Waals surface area contributed by atoms with Crippen molar-refractivity contribution in [2.45, 2.75) is 66.0 Å². The fraction of sp³-hybridized carbons (Fsp3) is 0.889. The first kappa shape index (κ1) is 27.4. The Balaban J connectivity index is 0. The summed E-state index contributed by atoms with van der Waals surface area (Å²) in [7, 11) is 1.77. The summed E-state index contributed by atoms with van der Waals surface area (Å²) in [6.45, 7) is 15.4. The molecule has 7 nitrogen and oxygen atoms in total. The molecule has 0 radical (unpaired) electrons. The lowest BCUT2D eigenvalue weighted by molar-refractivity contribution is 0.0230. The largest absolute Gasteiger partial charge is 0.444 e. The zero-order chi connectivity index (χ0) is 19.3. The zero-order valence-electron chi connectivity index (χ0n) is 17.6. The first-order chi connectivity index (χ1) is 11.7. The molecule has 0 heterocycles. The maximum absolute atomic E-state index is 12.1. The van der Waals surface area contributed by atoms with E-state index in [0.717, 1.165) is 51.6 Å². The van der Waals surface area contributed by atoms with E-state index in [0.29, 0.717) is 0 Å². The van der Waals surface area contributed by atoms with E-state index >= 15 is 0 Å². The van der Waals surface area contributed by atoms with Crippen molar-refractivity contribution in [3.8, 4) is 0 Å². The lowest BCUT2D eigenvalue weighted by Crippen LogP contribution is -2.42. The van der Waals surface area contributed by atoms with E-state index in [1.807, 2.05) is 41.5 Å². The topological polar surface area (TPSA) is 75.2 Å². The van der Waals surface area contributed by atoms with Gasteiger partial charge < -0.3 is 25.0 Å². The van der Waals surface area contributed by atoms with Gasteiger partial charge in [0.1, 0.15) is 5.60 Å². The van der Waals surface area contributed by atoms with Crippen molar-refractivity contribution < 1.29 is 14.3 Å². The van der Waals surface area contributed by atoms with Gasteiger partial charge in [-0.1, -0.05) is 0 Å². The van der Waals surface area contributed by atoms with Crippen molar-refractivity contribution in [2.24, 2.45) is 4.99 Å². The van der Waals surface area contributed by atoms with Gasteiger partial charge in [-0.3, -0.25) is 4.99 Å². The minimum atomic E-state index is -0.477. The second-order valence-corrected chi connectivity index (χ2v) is 6.97. The van der Waals surface area contributed by atoms with Crippen LogP contribution in [0.3, 0.4) is 0 Å². The van der Waals surface area contributed by atoms with Crippen molar-refractivity contribution in [1.82, 2.24) is 15.5 Å². The summed E-state index contributed by atoms with van der Waals surface area (Å²) in [5.41, 5.74) is -0.477. The standard InChI is InChI=1S/C18H38N4O3.HI/c1-8-19-16(20-12-10-14-24-9-2)21-13-11-15(3)22(7)17(23)25-18(4,5)6;/h15H,8-14H2,1-7H3,(H2,19,20,21);1H. The highest BCUT2D eigenvalue weighted by atomic mass is 127. The molecular formula is C18H39IN4O3. The number of carbonyl (C=O) groups is 1. The number of aliphatic imine (C=N–C) groups is 1. The molecule has 1 atom stereocenters. The quantitative estimate of drug-likeness (QED) is 0.215. The van der Waals surface area contributed by atoms with Gasteiger partial charge in [0.25, 0.3) is 0 Å². The van der Waals surface area contributed by atoms with Crippen LogP contribution in [0.25, 0.3) is 0 Å². The molecular weight excluding hydrogens is 447 g/mol. The Hall–Kier alpha value is -0.770. The van der Waals surface area contributed by atoms with Crippen molar-refractivity contribution >= 4 is 36.0 Å². The number of guanidine groups is 1. The summed E-state index contributed by atoms with van der Waals surface area (Å²) in [5, 5.41) is 6.53. The van der Waals surface area contributed by atoms with Gasteiger partial charge in [-0.25, -0.2) is 4.79 Å². The molecule has 0 bridgehead atoms. The zero-order valence-corrected chi connectivity index (χ0v) is 19.9. The average Bonchev–Trinajstić information content (AvgIpc) is 2.52. The summed E-state index contributed by atoms with van der Waals surface area (Å²) in [4.78, 5) is 18.2. The highest BCUT2D eigenvalue weighted by molar-refractivity contribution is 14.0. The third-order valence-corrected chi connectivity index (χ3v) is 3.46. The van der Waals surface area contributed by atoms with E-state index in [2.05, 4.69) is 15.6 Å². The Kier molecular flexibility index (Phi) is 16.2. The number of nitrogens with zero attached hydrogens (tertiary/aromatic N) is 2. The van der Waals surface area contributed by atoms with Gasteiger partial charge >= 0.3 is 6.09 Å². The highest BCUT2D eigenvalue weighted by Crippen LogP contribution is 2.11. The molecule has 0 fully saturated rings. The van der Waals surface area contributed by atoms with E-state index in [1.54, 1.807) is 11.9 Å². The van der Waals surface area contributed by atoms with Crippen LogP contribution in [0.2, 0.25) is 0 Å². The molecule has 0 aromatic rings. The molecule has 0 saturated heterocycles. The molecule has 1 amide bonds. The molecule has 0 aliphatic rings. The molecule has 0 spiro atoms. The minimum Gasteiger partial charge on any atom is -0.444 e. The summed E-state index contributed by atoms with van der Waals surface area (Å²) in [6, 6.07) is 0.0724.